The number of carbonyl (C=O) groups is 2. The normalized spacial score (nSPS) is 12.7. The number of hydrogen-bond acceptors (Lipinski definition) is 3. The third-order valence-corrected chi connectivity index (χ3v) is 1.97. The molecule has 0 bridgehead atoms. The maximum Gasteiger partial charge on any atom is 0.326 e. The summed E-state index contributed by atoms with van der Waals surface area (Å²) in [6, 6.07) is -0.879. The average molecular weight is 214 g/mol. The lowest BCUT2D eigenvalue weighted by atomic mass is 10.2. The SMILES string of the molecule is CCCC=CN(C)[C@@H](CC(N)=O)C(=O)O. The number of nitrogens with two attached hydrogens (primary N) is 1. The Balaban J connectivity index is 4.35. The lowest BCUT2D eigenvalue weighted by Crippen LogP contribution is -2.38. The summed E-state index contributed by atoms with van der Waals surface area (Å²) in [5, 5.41) is 8.87. The van der Waals surface area contributed by atoms with E-state index < -0.39 is 17.9 Å². The van der Waals surface area contributed by atoms with Gasteiger partial charge in [-0.25, -0.2) is 4.79 Å². The zero-order valence-electron chi connectivity index (χ0n) is 9.14. The van der Waals surface area contributed by atoms with Gasteiger partial charge in [0.1, 0.15) is 6.04 Å². The highest BCUT2D eigenvalue weighted by molar-refractivity contribution is 5.83. The number of rotatable bonds is 7. The quantitative estimate of drug-likeness (QED) is 0.648. The van der Waals surface area contributed by atoms with Crippen LogP contribution < -0.4 is 5.73 Å². The van der Waals surface area contributed by atoms with Crippen LogP contribution in [-0.4, -0.2) is 35.0 Å². The molecule has 0 aromatic rings. The summed E-state index contributed by atoms with van der Waals surface area (Å²) in [5.41, 5.74) is 4.97. The van der Waals surface area contributed by atoms with Gasteiger partial charge in [-0.15, -0.1) is 0 Å². The minimum absolute atomic E-state index is 0.178. The minimum Gasteiger partial charge on any atom is -0.480 e. The molecule has 5 heteroatoms. The number of aliphatic carboxylic acids is 1. The summed E-state index contributed by atoms with van der Waals surface area (Å²) in [7, 11) is 1.62. The second kappa shape index (κ2) is 6.86. The Morgan fingerprint density at radius 3 is 2.53 bits per heavy atom. The van der Waals surface area contributed by atoms with Crippen molar-refractivity contribution >= 4 is 11.9 Å². The van der Waals surface area contributed by atoms with Gasteiger partial charge in [0.2, 0.25) is 5.91 Å². The van der Waals surface area contributed by atoms with Crippen molar-refractivity contribution in [3.63, 3.8) is 0 Å². The molecule has 15 heavy (non-hydrogen) atoms. The molecule has 0 aliphatic heterocycles. The van der Waals surface area contributed by atoms with E-state index in [2.05, 4.69) is 0 Å². The molecule has 0 aliphatic rings. The van der Waals surface area contributed by atoms with E-state index in [1.54, 1.807) is 13.2 Å². The third kappa shape index (κ3) is 5.72. The second-order valence-corrected chi connectivity index (χ2v) is 3.36. The number of hydrogen-bond donors (Lipinski definition) is 2. The van der Waals surface area contributed by atoms with Gasteiger partial charge in [0.15, 0.2) is 0 Å². The number of amides is 1. The third-order valence-electron chi connectivity index (χ3n) is 1.97. The predicted molar refractivity (Wildman–Crippen MR) is 57.0 cm³/mol. The fourth-order valence-corrected chi connectivity index (χ4v) is 1.11. The zero-order chi connectivity index (χ0) is 11.8. The summed E-state index contributed by atoms with van der Waals surface area (Å²) in [6.07, 6.45) is 5.25. The van der Waals surface area contributed by atoms with Gasteiger partial charge >= 0.3 is 5.97 Å². The molecule has 1 amide bonds. The molecule has 0 aromatic heterocycles. The highest BCUT2D eigenvalue weighted by Gasteiger charge is 2.22. The van der Waals surface area contributed by atoms with Crippen molar-refractivity contribution < 1.29 is 14.7 Å². The van der Waals surface area contributed by atoms with Crippen molar-refractivity contribution in [3.05, 3.63) is 12.3 Å². The maximum absolute atomic E-state index is 10.8. The molecule has 0 rings (SSSR count). The van der Waals surface area contributed by atoms with Gasteiger partial charge in [-0.1, -0.05) is 19.4 Å². The molecular formula is C10H18N2O3. The number of unbranched alkanes of at least 4 members (excludes halogenated alkanes) is 1. The van der Waals surface area contributed by atoms with E-state index in [0.29, 0.717) is 0 Å². The fourth-order valence-electron chi connectivity index (χ4n) is 1.11. The number of carbonyl (C=O) groups excluding carboxylic acids is 1. The van der Waals surface area contributed by atoms with Crippen LogP contribution in [0, 0.1) is 0 Å². The first-order valence-electron chi connectivity index (χ1n) is 4.88. The van der Waals surface area contributed by atoms with E-state index in [4.69, 9.17) is 10.8 Å². The zero-order valence-corrected chi connectivity index (χ0v) is 9.14. The van der Waals surface area contributed by atoms with E-state index in [-0.39, 0.29) is 6.42 Å². The van der Waals surface area contributed by atoms with Gasteiger partial charge < -0.3 is 15.7 Å². The van der Waals surface area contributed by atoms with Gasteiger partial charge in [-0.2, -0.15) is 0 Å². The molecule has 0 heterocycles. The van der Waals surface area contributed by atoms with E-state index in [1.807, 2.05) is 13.0 Å². The first-order valence-corrected chi connectivity index (χ1v) is 4.88. The van der Waals surface area contributed by atoms with Gasteiger partial charge in [0, 0.05) is 7.05 Å². The second-order valence-electron chi connectivity index (χ2n) is 3.36. The maximum atomic E-state index is 10.8. The minimum atomic E-state index is -1.04. The van der Waals surface area contributed by atoms with E-state index in [9.17, 15) is 9.59 Å². The summed E-state index contributed by atoms with van der Waals surface area (Å²) in [5.74, 6) is -1.66. The molecule has 1 atom stereocenters. The standard InChI is InChI=1S/C10H18N2O3/c1-3-4-5-6-12(2)8(10(14)15)7-9(11)13/h5-6,8H,3-4,7H2,1-2H3,(H2,11,13)(H,14,15)/t8-/m0/s1. The van der Waals surface area contributed by atoms with Crippen LogP contribution in [0.15, 0.2) is 12.3 Å². The highest BCUT2D eigenvalue weighted by Crippen LogP contribution is 2.03. The van der Waals surface area contributed by atoms with Crippen molar-refractivity contribution in [2.24, 2.45) is 5.73 Å². The van der Waals surface area contributed by atoms with Gasteiger partial charge in [0.25, 0.3) is 0 Å². The molecular weight excluding hydrogens is 196 g/mol. The van der Waals surface area contributed by atoms with Crippen molar-refractivity contribution in [2.75, 3.05) is 7.05 Å². The van der Waals surface area contributed by atoms with Crippen LogP contribution in [0.5, 0.6) is 0 Å². The predicted octanol–water partition coefficient (Wildman–Crippen LogP) is 0.561. The monoisotopic (exact) mass is 214 g/mol. The van der Waals surface area contributed by atoms with Gasteiger partial charge in [-0.05, 0) is 12.6 Å². The topological polar surface area (TPSA) is 83.6 Å². The van der Waals surface area contributed by atoms with Crippen LogP contribution in [0.25, 0.3) is 0 Å². The van der Waals surface area contributed by atoms with Crippen LogP contribution in [0.1, 0.15) is 26.2 Å². The van der Waals surface area contributed by atoms with E-state index in [0.717, 1.165) is 12.8 Å². The largest absolute Gasteiger partial charge is 0.480 e. The number of nitrogens with zero attached hydrogens (tertiary/aromatic N) is 1. The molecule has 0 radical (unpaired) electrons. The van der Waals surface area contributed by atoms with Gasteiger partial charge in [-0.3, -0.25) is 4.79 Å². The summed E-state index contributed by atoms with van der Waals surface area (Å²) < 4.78 is 0. The van der Waals surface area contributed by atoms with E-state index >= 15 is 0 Å². The molecule has 86 valence electrons. The number of allylic oxidation sites excluding steroid dienone is 1. The van der Waals surface area contributed by atoms with Crippen LogP contribution >= 0.6 is 0 Å². The van der Waals surface area contributed by atoms with Crippen LogP contribution in [0.2, 0.25) is 0 Å². The molecule has 3 N–H and O–H groups in total. The van der Waals surface area contributed by atoms with Crippen molar-refractivity contribution in [3.8, 4) is 0 Å². The fraction of sp³-hybridized carbons (Fsp3) is 0.600. The van der Waals surface area contributed by atoms with Crippen LogP contribution in [0.3, 0.4) is 0 Å². The summed E-state index contributed by atoms with van der Waals surface area (Å²) >= 11 is 0. The molecule has 0 unspecified atom stereocenters. The van der Waals surface area contributed by atoms with Crippen molar-refractivity contribution in [1.29, 1.82) is 0 Å². The molecule has 0 fully saturated rings. The highest BCUT2D eigenvalue weighted by atomic mass is 16.4. The number of likely N-dealkylation sites (N-methyl/N-ethyl adjacent to an activating group) is 1. The first-order chi connectivity index (χ1) is 6.99. The Labute approximate surface area is 89.6 Å². The Morgan fingerprint density at radius 1 is 1.53 bits per heavy atom. The summed E-state index contributed by atoms with van der Waals surface area (Å²) in [6.45, 7) is 2.03. The number of carboxylic acid groups (broad SMARTS) is 1. The molecule has 0 spiro atoms. The molecule has 0 aliphatic carbocycles. The summed E-state index contributed by atoms with van der Waals surface area (Å²) in [4.78, 5) is 23.0. The first kappa shape index (κ1) is 13.5. The van der Waals surface area contributed by atoms with Gasteiger partial charge in [0.05, 0.1) is 6.42 Å². The molecule has 5 nitrogen and oxygen atoms in total. The lowest BCUT2D eigenvalue weighted by Gasteiger charge is -2.21. The Hall–Kier alpha value is -1.52. The molecule has 0 aromatic carbocycles. The van der Waals surface area contributed by atoms with Crippen LogP contribution in [-0.2, 0) is 9.59 Å². The number of carboxylic acids is 1. The Kier molecular flexibility index (Phi) is 6.17. The van der Waals surface area contributed by atoms with E-state index in [1.165, 1.54) is 4.90 Å². The lowest BCUT2D eigenvalue weighted by molar-refractivity contribution is -0.143. The Morgan fingerprint density at radius 2 is 2.13 bits per heavy atom. The molecule has 0 saturated heterocycles. The Bertz CT molecular complexity index is 251. The average Bonchev–Trinajstić information content (AvgIpc) is 2.13. The number of primary amides is 1. The smallest absolute Gasteiger partial charge is 0.326 e. The van der Waals surface area contributed by atoms with Crippen molar-refractivity contribution in [2.45, 2.75) is 32.2 Å². The molecule has 0 saturated carbocycles. The van der Waals surface area contributed by atoms with Crippen molar-refractivity contribution in [1.82, 2.24) is 4.90 Å². The van der Waals surface area contributed by atoms with Crippen LogP contribution in [0.4, 0.5) is 0 Å².